The molecule has 1 heteroatoms. The first kappa shape index (κ1) is 23.5. The Kier molecular flexibility index (Phi) is 6.30. The van der Waals surface area contributed by atoms with Crippen molar-refractivity contribution in [3.05, 3.63) is 156 Å². The molecule has 1 atom stereocenters. The van der Waals surface area contributed by atoms with Crippen LogP contribution in [0.5, 0.6) is 0 Å². The van der Waals surface area contributed by atoms with Gasteiger partial charge in [0.15, 0.2) is 0 Å². The van der Waals surface area contributed by atoms with Crippen LogP contribution in [0.2, 0.25) is 0 Å². The minimum atomic E-state index is 0.358. The summed E-state index contributed by atoms with van der Waals surface area (Å²) < 4.78 is 0. The van der Waals surface area contributed by atoms with Gasteiger partial charge in [-0.3, -0.25) is 0 Å². The molecule has 0 N–H and O–H groups in total. The third kappa shape index (κ3) is 4.49. The van der Waals surface area contributed by atoms with Crippen molar-refractivity contribution in [1.82, 2.24) is 0 Å². The highest BCUT2D eigenvalue weighted by Gasteiger charge is 2.11. The Morgan fingerprint density at radius 1 is 0.447 bits per heavy atom. The zero-order chi connectivity index (χ0) is 25.9. The van der Waals surface area contributed by atoms with E-state index in [4.69, 9.17) is 5.26 Å². The largest absolute Gasteiger partial charge is 0.192 e. The van der Waals surface area contributed by atoms with Gasteiger partial charge in [-0.15, -0.1) is 0 Å². The summed E-state index contributed by atoms with van der Waals surface area (Å²) in [6.45, 7) is 2.27. The molecule has 0 amide bonds. The van der Waals surface area contributed by atoms with Gasteiger partial charge in [0.25, 0.3) is 0 Å². The van der Waals surface area contributed by atoms with Crippen LogP contribution >= 0.6 is 0 Å². The first-order valence-electron chi connectivity index (χ1n) is 13.0. The molecule has 0 spiro atoms. The molecule has 0 saturated carbocycles. The maximum atomic E-state index is 9.07. The quantitative estimate of drug-likeness (QED) is 0.238. The fourth-order valence-electron chi connectivity index (χ4n) is 5.28. The third-order valence-corrected chi connectivity index (χ3v) is 7.49. The van der Waals surface area contributed by atoms with E-state index in [1.807, 2.05) is 24.3 Å². The Hall–Kier alpha value is -4.93. The first-order valence-corrected chi connectivity index (χ1v) is 13.0. The lowest BCUT2D eigenvalue weighted by Crippen LogP contribution is -1.95. The smallest absolute Gasteiger partial charge is 0.0991 e. The second-order valence-corrected chi connectivity index (χ2v) is 9.73. The predicted octanol–water partition coefficient (Wildman–Crippen LogP) is 9.86. The average molecular weight is 486 g/mol. The van der Waals surface area contributed by atoms with E-state index in [9.17, 15) is 0 Å². The molecule has 0 radical (unpaired) electrons. The van der Waals surface area contributed by atoms with Crippen LogP contribution in [-0.4, -0.2) is 0 Å². The number of benzene rings is 6. The van der Waals surface area contributed by atoms with E-state index in [0.717, 1.165) is 11.1 Å². The molecule has 0 bridgehead atoms. The normalized spacial score (nSPS) is 11.7. The molecular weight excluding hydrogens is 458 g/mol. The van der Waals surface area contributed by atoms with Crippen molar-refractivity contribution in [3.63, 3.8) is 0 Å². The predicted molar refractivity (Wildman–Crippen MR) is 159 cm³/mol. The van der Waals surface area contributed by atoms with Gasteiger partial charge in [0.05, 0.1) is 11.6 Å². The molecule has 0 aliphatic heterocycles. The van der Waals surface area contributed by atoms with Crippen LogP contribution < -0.4 is 0 Å². The molecule has 180 valence electrons. The van der Waals surface area contributed by atoms with Crippen molar-refractivity contribution >= 4 is 10.8 Å². The number of hydrogen-bond acceptors (Lipinski definition) is 1. The highest BCUT2D eigenvalue weighted by atomic mass is 14.2. The van der Waals surface area contributed by atoms with Gasteiger partial charge in [-0.25, -0.2) is 0 Å². The highest BCUT2D eigenvalue weighted by Crippen LogP contribution is 2.36. The second-order valence-electron chi connectivity index (χ2n) is 9.73. The Morgan fingerprint density at radius 3 is 1.42 bits per heavy atom. The van der Waals surface area contributed by atoms with Gasteiger partial charge in [0.2, 0.25) is 0 Å². The number of fused-ring (bicyclic) bond motifs is 1. The molecule has 38 heavy (non-hydrogen) atoms. The van der Waals surface area contributed by atoms with Crippen molar-refractivity contribution in [2.75, 3.05) is 0 Å². The van der Waals surface area contributed by atoms with E-state index >= 15 is 0 Å². The van der Waals surface area contributed by atoms with Crippen molar-refractivity contribution in [3.8, 4) is 39.4 Å². The standard InChI is InChI=1S/C37H27N/c1-26(28-7-3-2-4-8-28)29-17-21-32(22-18-29)34-9-5-12-37-35(10-6-11-36(34)37)33-23-19-31(20-24-33)30-15-13-27(25-38)14-16-30/h2-24,26H,1H3. The summed E-state index contributed by atoms with van der Waals surface area (Å²) in [5.41, 5.74) is 10.5. The van der Waals surface area contributed by atoms with Gasteiger partial charge < -0.3 is 0 Å². The lowest BCUT2D eigenvalue weighted by atomic mass is 9.90. The average Bonchev–Trinajstić information content (AvgIpc) is 3.01. The Labute approximate surface area is 224 Å². The lowest BCUT2D eigenvalue weighted by molar-refractivity contribution is 0.923. The van der Waals surface area contributed by atoms with Gasteiger partial charge in [-0.05, 0) is 67.4 Å². The fourth-order valence-corrected chi connectivity index (χ4v) is 5.28. The Bertz CT molecular complexity index is 1740. The third-order valence-electron chi connectivity index (χ3n) is 7.49. The Morgan fingerprint density at radius 2 is 0.895 bits per heavy atom. The van der Waals surface area contributed by atoms with Crippen molar-refractivity contribution in [2.45, 2.75) is 12.8 Å². The summed E-state index contributed by atoms with van der Waals surface area (Å²) in [5.74, 6) is 0.358. The fraction of sp³-hybridized carbons (Fsp3) is 0.0541. The number of nitriles is 1. The lowest BCUT2D eigenvalue weighted by Gasteiger charge is -2.15. The number of hydrogen-bond donors (Lipinski definition) is 0. The number of nitrogens with zero attached hydrogens (tertiary/aromatic N) is 1. The molecule has 0 aliphatic rings. The summed E-state index contributed by atoms with van der Waals surface area (Å²) >= 11 is 0. The molecule has 1 unspecified atom stereocenters. The molecule has 0 fully saturated rings. The summed E-state index contributed by atoms with van der Waals surface area (Å²) in [6.07, 6.45) is 0. The van der Waals surface area contributed by atoms with Crippen LogP contribution in [0.1, 0.15) is 29.5 Å². The van der Waals surface area contributed by atoms with Crippen molar-refractivity contribution in [2.24, 2.45) is 0 Å². The van der Waals surface area contributed by atoms with E-state index in [1.54, 1.807) is 0 Å². The molecule has 1 nitrogen and oxygen atoms in total. The van der Waals surface area contributed by atoms with Gasteiger partial charge in [-0.2, -0.15) is 5.26 Å². The summed E-state index contributed by atoms with van der Waals surface area (Å²) in [5, 5.41) is 11.6. The van der Waals surface area contributed by atoms with Crippen LogP contribution in [-0.2, 0) is 0 Å². The van der Waals surface area contributed by atoms with Crippen molar-refractivity contribution in [1.29, 1.82) is 5.26 Å². The Balaban J connectivity index is 1.33. The van der Waals surface area contributed by atoms with Gasteiger partial charge in [0, 0.05) is 5.92 Å². The summed E-state index contributed by atoms with van der Waals surface area (Å²) in [7, 11) is 0. The van der Waals surface area contributed by atoms with E-state index in [0.29, 0.717) is 11.5 Å². The molecule has 0 aliphatic carbocycles. The molecule has 6 aromatic rings. The molecule has 0 heterocycles. The van der Waals surface area contributed by atoms with Crippen LogP contribution in [0.15, 0.2) is 140 Å². The minimum Gasteiger partial charge on any atom is -0.192 e. The van der Waals surface area contributed by atoms with Crippen molar-refractivity contribution < 1.29 is 0 Å². The zero-order valence-corrected chi connectivity index (χ0v) is 21.3. The number of rotatable bonds is 5. The van der Waals surface area contributed by atoms with Crippen LogP contribution in [0.4, 0.5) is 0 Å². The van der Waals surface area contributed by atoms with E-state index in [1.165, 1.54) is 44.2 Å². The van der Waals surface area contributed by atoms with Gasteiger partial charge in [-0.1, -0.05) is 134 Å². The highest BCUT2D eigenvalue weighted by molar-refractivity contribution is 6.04. The first-order chi connectivity index (χ1) is 18.7. The van der Waals surface area contributed by atoms with Crippen LogP contribution in [0.25, 0.3) is 44.2 Å². The molecule has 0 aromatic heterocycles. The van der Waals surface area contributed by atoms with Crippen LogP contribution in [0.3, 0.4) is 0 Å². The maximum Gasteiger partial charge on any atom is 0.0991 e. The molecular formula is C37H27N. The van der Waals surface area contributed by atoms with Crippen LogP contribution in [0, 0.1) is 11.3 Å². The van der Waals surface area contributed by atoms with E-state index < -0.39 is 0 Å². The SMILES string of the molecule is CC(c1ccccc1)c1ccc(-c2cccc3c(-c4ccc(-c5ccc(C#N)cc5)cc4)cccc23)cc1. The monoisotopic (exact) mass is 485 g/mol. The van der Waals surface area contributed by atoms with Gasteiger partial charge >= 0.3 is 0 Å². The minimum absolute atomic E-state index is 0.358. The van der Waals surface area contributed by atoms with E-state index in [-0.39, 0.29) is 0 Å². The van der Waals surface area contributed by atoms with Gasteiger partial charge in [0.1, 0.15) is 0 Å². The topological polar surface area (TPSA) is 23.8 Å². The molecule has 6 aromatic carbocycles. The second kappa shape index (κ2) is 10.2. The zero-order valence-electron chi connectivity index (χ0n) is 21.3. The maximum absolute atomic E-state index is 9.07. The molecule has 0 saturated heterocycles. The summed E-state index contributed by atoms with van der Waals surface area (Å²) in [4.78, 5) is 0. The summed E-state index contributed by atoms with van der Waals surface area (Å²) in [6, 6.07) is 51.5. The van der Waals surface area contributed by atoms with E-state index in [2.05, 4.69) is 128 Å². The molecule has 6 rings (SSSR count).